The number of halogens is 2. The van der Waals surface area contributed by atoms with Gasteiger partial charge in [-0.3, -0.25) is 9.48 Å². The van der Waals surface area contributed by atoms with E-state index in [0.29, 0.717) is 31.4 Å². The van der Waals surface area contributed by atoms with Crippen LogP contribution in [0.3, 0.4) is 0 Å². The first-order valence-electron chi connectivity index (χ1n) is 17.0. The topological polar surface area (TPSA) is 104 Å². The van der Waals surface area contributed by atoms with Crippen molar-refractivity contribution in [1.29, 1.82) is 0 Å². The molecular formula is C36H45F2N3O6. The van der Waals surface area contributed by atoms with Gasteiger partial charge in [-0.15, -0.1) is 0 Å². The molecule has 0 radical (unpaired) electrons. The van der Waals surface area contributed by atoms with Crippen molar-refractivity contribution >= 4 is 17.7 Å². The van der Waals surface area contributed by atoms with Crippen molar-refractivity contribution in [3.05, 3.63) is 52.9 Å². The van der Waals surface area contributed by atoms with E-state index in [4.69, 9.17) is 18.9 Å². The lowest BCUT2D eigenvalue weighted by atomic mass is 9.43. The Balaban J connectivity index is 1.05. The molecule has 2 spiro atoms. The second kappa shape index (κ2) is 10.6. The van der Waals surface area contributed by atoms with E-state index in [0.717, 1.165) is 22.5 Å². The smallest absolute Gasteiger partial charge is 0.227 e. The van der Waals surface area contributed by atoms with Crippen LogP contribution in [0, 0.1) is 35.5 Å². The summed E-state index contributed by atoms with van der Waals surface area (Å²) in [4.78, 5) is 12.6. The van der Waals surface area contributed by atoms with Gasteiger partial charge in [-0.05, 0) is 80.2 Å². The molecule has 2 N–H and O–H groups in total. The number of rotatable bonds is 5. The number of nitrogens with zero attached hydrogens (tertiary/aromatic N) is 2. The van der Waals surface area contributed by atoms with Crippen LogP contribution in [0.15, 0.2) is 36.0 Å². The number of aliphatic hydroxyl groups excluding tert-OH is 1. The number of benzene rings is 1. The minimum absolute atomic E-state index is 0.0219. The second-order valence-electron chi connectivity index (χ2n) is 15.4. The zero-order valence-corrected chi connectivity index (χ0v) is 27.6. The third-order valence-corrected chi connectivity index (χ3v) is 13.1. The lowest BCUT2D eigenvalue weighted by Gasteiger charge is -2.64. The normalized spacial score (nSPS) is 43.4. The first-order valence-corrected chi connectivity index (χ1v) is 17.0. The minimum Gasteiger partial charge on any atom is -0.390 e. The molecule has 3 heterocycles. The highest BCUT2D eigenvalue weighted by Crippen LogP contribution is 2.74. The fourth-order valence-electron chi connectivity index (χ4n) is 11.1. The van der Waals surface area contributed by atoms with Crippen molar-refractivity contribution in [3.63, 3.8) is 0 Å². The maximum atomic E-state index is 18.2. The fourth-order valence-corrected chi connectivity index (χ4v) is 11.1. The molecule has 1 aromatic carbocycles. The molecule has 1 unspecified atom stereocenters. The van der Waals surface area contributed by atoms with Crippen molar-refractivity contribution < 1.29 is 37.6 Å². The van der Waals surface area contributed by atoms with E-state index in [9.17, 15) is 9.90 Å². The van der Waals surface area contributed by atoms with Gasteiger partial charge in [-0.1, -0.05) is 38.5 Å². The summed E-state index contributed by atoms with van der Waals surface area (Å²) in [5.74, 6) is -2.31. The summed E-state index contributed by atoms with van der Waals surface area (Å²) in [5, 5.41) is 19.5. The zero-order valence-electron chi connectivity index (χ0n) is 27.6. The second-order valence-corrected chi connectivity index (χ2v) is 15.4. The predicted molar refractivity (Wildman–Crippen MR) is 168 cm³/mol. The number of fused-ring (bicyclic) bond motifs is 8. The van der Waals surface area contributed by atoms with Gasteiger partial charge < -0.3 is 29.4 Å². The van der Waals surface area contributed by atoms with Crippen molar-refractivity contribution in [2.24, 2.45) is 28.6 Å². The number of aryl methyl sites for hydroxylation is 2. The van der Waals surface area contributed by atoms with Crippen molar-refractivity contribution in [2.45, 2.75) is 102 Å². The van der Waals surface area contributed by atoms with Crippen LogP contribution in [0.4, 0.5) is 14.5 Å². The highest BCUT2D eigenvalue weighted by molar-refractivity contribution is 5.90. The Labute approximate surface area is 274 Å². The van der Waals surface area contributed by atoms with E-state index in [1.165, 1.54) is 0 Å². The molecule has 0 bridgehead atoms. The van der Waals surface area contributed by atoms with Gasteiger partial charge in [0.2, 0.25) is 11.7 Å². The fraction of sp³-hybridized carbons (Fsp3) is 0.667. The van der Waals surface area contributed by atoms with Gasteiger partial charge in [0, 0.05) is 35.4 Å². The Kier molecular flexibility index (Phi) is 7.15. The summed E-state index contributed by atoms with van der Waals surface area (Å²) in [5.41, 5.74) is -1.18. The quantitative estimate of drug-likeness (QED) is 0.440. The maximum Gasteiger partial charge on any atom is 0.227 e. The maximum absolute atomic E-state index is 18.2. The Morgan fingerprint density at radius 2 is 1.89 bits per heavy atom. The van der Waals surface area contributed by atoms with Crippen LogP contribution in [0.5, 0.6) is 0 Å². The summed E-state index contributed by atoms with van der Waals surface area (Å²) in [7, 11) is 0. The van der Waals surface area contributed by atoms with Crippen LogP contribution < -0.4 is 5.32 Å². The van der Waals surface area contributed by atoms with Crippen LogP contribution in [0.2, 0.25) is 0 Å². The molecule has 1 amide bonds. The summed E-state index contributed by atoms with van der Waals surface area (Å²) in [6, 6.07) is 7.65. The lowest BCUT2D eigenvalue weighted by Crippen LogP contribution is -2.73. The molecule has 8 rings (SSSR count). The monoisotopic (exact) mass is 653 g/mol. The zero-order chi connectivity index (χ0) is 33.0. The number of aliphatic hydroxyl groups is 1. The molecule has 2 aliphatic heterocycles. The highest BCUT2D eigenvalue weighted by Gasteiger charge is 2.82. The first kappa shape index (κ1) is 31.6. The van der Waals surface area contributed by atoms with E-state index in [-0.39, 0.29) is 57.2 Å². The Hall–Kier alpha value is -2.70. The molecule has 47 heavy (non-hydrogen) atoms. The largest absolute Gasteiger partial charge is 0.390 e. The van der Waals surface area contributed by atoms with E-state index in [1.807, 2.05) is 38.1 Å². The number of anilines is 1. The third-order valence-electron chi connectivity index (χ3n) is 13.1. The van der Waals surface area contributed by atoms with Gasteiger partial charge >= 0.3 is 0 Å². The van der Waals surface area contributed by atoms with Gasteiger partial charge in [0.15, 0.2) is 13.6 Å². The number of carbonyl (C=O) groups excluding carboxylic acids is 1. The average molecular weight is 654 g/mol. The predicted octanol–water partition coefficient (Wildman–Crippen LogP) is 5.49. The van der Waals surface area contributed by atoms with Crippen LogP contribution in [0.1, 0.15) is 69.7 Å². The number of nitrogens with one attached hydrogen (secondary N) is 1. The number of amides is 1. The molecule has 254 valence electrons. The number of ether oxygens (including phenoxy) is 4. The van der Waals surface area contributed by atoms with E-state index >= 15 is 8.78 Å². The van der Waals surface area contributed by atoms with Gasteiger partial charge in [0.05, 0.1) is 18.0 Å². The highest BCUT2D eigenvalue weighted by atomic mass is 19.1. The molecule has 2 aromatic rings. The number of hydrogen-bond acceptors (Lipinski definition) is 7. The van der Waals surface area contributed by atoms with E-state index in [1.54, 1.807) is 23.9 Å². The Bertz CT molecular complexity index is 1600. The van der Waals surface area contributed by atoms with Crippen LogP contribution >= 0.6 is 0 Å². The van der Waals surface area contributed by atoms with Gasteiger partial charge in [-0.25, -0.2) is 8.78 Å². The molecule has 6 aliphatic rings. The number of allylic oxidation sites excluding steroid dienone is 1. The molecule has 4 aliphatic carbocycles. The molecule has 3 saturated carbocycles. The van der Waals surface area contributed by atoms with Crippen molar-refractivity contribution in [1.82, 2.24) is 9.78 Å². The Morgan fingerprint density at radius 3 is 2.64 bits per heavy atom. The molecule has 1 aromatic heterocycles. The van der Waals surface area contributed by atoms with E-state index < -0.39 is 46.1 Å². The Morgan fingerprint density at radius 1 is 1.13 bits per heavy atom. The molecule has 9 nitrogen and oxygen atoms in total. The van der Waals surface area contributed by atoms with Crippen molar-refractivity contribution in [2.75, 3.05) is 25.5 Å². The van der Waals surface area contributed by atoms with Gasteiger partial charge in [0.1, 0.15) is 24.0 Å². The summed E-state index contributed by atoms with van der Waals surface area (Å²) in [6.07, 6.45) is 2.57. The lowest BCUT2D eigenvalue weighted by molar-refractivity contribution is -0.281. The van der Waals surface area contributed by atoms with Crippen molar-refractivity contribution in [3.8, 4) is 0 Å². The first-order chi connectivity index (χ1) is 22.4. The number of alkyl halides is 2. The van der Waals surface area contributed by atoms with Gasteiger partial charge in [0.25, 0.3) is 0 Å². The number of hydrogen-bond donors (Lipinski definition) is 2. The average Bonchev–Trinajstić information content (AvgIpc) is 3.80. The molecule has 10 atom stereocenters. The standard InChI is InChI=1S/C36H45F2N3O6/c1-21-7-9-24(10-8-21)40-31(43)6-5-11-41-29-14-27-28(37)13-26-25-12-22(2)36(34(46-20-47-36)18-44-19-45-34)33(25,4)16-30(42)35(26,38)32(27,3)15-23(29)17-39-41/h7-10,14,17,22,25-26,28,30,42H,5-6,11-13,15-16,18-20H2,1-4H3,(H,40,43)/t22-,25-,26-,28-,30-,32-,33-,34?,35-,36+/m0/s1. The number of aromatic nitrogens is 2. The molecular weight excluding hydrogens is 608 g/mol. The summed E-state index contributed by atoms with van der Waals surface area (Å²) in [6.45, 7) is 8.67. The van der Waals surface area contributed by atoms with E-state index in [2.05, 4.69) is 17.3 Å². The molecule has 11 heteroatoms. The minimum atomic E-state index is -2.07. The van der Waals surface area contributed by atoms with Crippen LogP contribution in [-0.4, -0.2) is 70.3 Å². The van der Waals surface area contributed by atoms with Crippen LogP contribution in [0.25, 0.3) is 6.08 Å². The number of carbonyl (C=O) groups is 1. The van der Waals surface area contributed by atoms with Crippen LogP contribution in [-0.2, 0) is 36.7 Å². The summed E-state index contributed by atoms with van der Waals surface area (Å²) < 4.78 is 60.9. The SMILES string of the molecule is Cc1ccc(NC(=O)CCCn2ncc3c2C=C2[C@@H](F)C[C@H]4[C@@H]5C[C@H](C)[C@@]6(OCOC67COCO7)[C@@]5(C)C[C@H](O)[C@]4(F)[C@@]2(C)C3)cc1. The third kappa shape index (κ3) is 4.09. The molecule has 2 saturated heterocycles. The van der Waals surface area contributed by atoms with Gasteiger partial charge in [-0.2, -0.15) is 5.10 Å². The molecule has 5 fully saturated rings. The summed E-state index contributed by atoms with van der Waals surface area (Å²) >= 11 is 0.